The van der Waals surface area contributed by atoms with Crippen LogP contribution in [0.4, 0.5) is 17.1 Å². The minimum atomic E-state index is -0.602. The van der Waals surface area contributed by atoms with Crippen molar-refractivity contribution in [3.05, 3.63) is 58.5 Å². The summed E-state index contributed by atoms with van der Waals surface area (Å²) < 4.78 is 7.72. The lowest BCUT2D eigenvalue weighted by Crippen LogP contribution is -2.18. The molecule has 0 fully saturated rings. The molecular weight excluding hydrogens is 406 g/mol. The molecule has 2 N–H and O–H groups in total. The number of hydrogen-bond acceptors (Lipinski definition) is 7. The number of nitrogens with zero attached hydrogens (tertiary/aromatic N) is 5. The number of nitrogens with one attached hydrogen (secondary N) is 2. The molecule has 1 aromatic carbocycles. The lowest BCUT2D eigenvalue weighted by atomic mass is 10.2. The quantitative estimate of drug-likeness (QED) is 0.393. The molecule has 2 heterocycles. The highest BCUT2D eigenvalue weighted by Gasteiger charge is 2.20. The average Bonchev–Trinajstić information content (AvgIpc) is 3.39. The van der Waals surface area contributed by atoms with E-state index in [9.17, 15) is 19.7 Å². The van der Waals surface area contributed by atoms with Gasteiger partial charge in [0.1, 0.15) is 11.9 Å². The number of anilines is 2. The van der Waals surface area contributed by atoms with Gasteiger partial charge in [-0.15, -0.1) is 5.10 Å². The summed E-state index contributed by atoms with van der Waals surface area (Å²) in [4.78, 5) is 35.0. The minimum Gasteiger partial charge on any atom is -0.475 e. The number of aryl methyl sites for hydroxylation is 2. The van der Waals surface area contributed by atoms with Gasteiger partial charge in [0.05, 0.1) is 18.6 Å². The van der Waals surface area contributed by atoms with Gasteiger partial charge in [0.15, 0.2) is 0 Å². The van der Waals surface area contributed by atoms with E-state index in [2.05, 4.69) is 20.8 Å². The van der Waals surface area contributed by atoms with Gasteiger partial charge in [-0.05, 0) is 31.2 Å². The Morgan fingerprint density at radius 3 is 2.61 bits per heavy atom. The van der Waals surface area contributed by atoms with Crippen LogP contribution >= 0.6 is 0 Å². The first-order chi connectivity index (χ1) is 14.9. The molecule has 0 unspecified atom stereocenters. The van der Waals surface area contributed by atoms with Crippen molar-refractivity contribution in [1.29, 1.82) is 0 Å². The number of carbonyl (C=O) groups is 2. The smallest absolute Gasteiger partial charge is 0.350 e. The third kappa shape index (κ3) is 5.23. The van der Waals surface area contributed by atoms with Gasteiger partial charge >= 0.3 is 11.6 Å². The lowest BCUT2D eigenvalue weighted by Gasteiger charge is -2.09. The first-order valence-electron chi connectivity index (χ1n) is 9.40. The maximum Gasteiger partial charge on any atom is 0.350 e. The molecule has 12 heteroatoms. The molecule has 0 aliphatic heterocycles. The van der Waals surface area contributed by atoms with E-state index in [4.69, 9.17) is 4.74 Å². The highest BCUT2D eigenvalue weighted by atomic mass is 16.6. The number of carbonyl (C=O) groups excluding carboxylic acids is 2. The van der Waals surface area contributed by atoms with Crippen molar-refractivity contribution < 1.29 is 19.2 Å². The second-order valence-electron chi connectivity index (χ2n) is 6.41. The van der Waals surface area contributed by atoms with Crippen molar-refractivity contribution in [3.8, 4) is 5.88 Å². The zero-order valence-corrected chi connectivity index (χ0v) is 16.9. The zero-order valence-electron chi connectivity index (χ0n) is 16.9. The number of ether oxygens (including phenoxy) is 1. The van der Waals surface area contributed by atoms with E-state index in [1.165, 1.54) is 18.0 Å². The van der Waals surface area contributed by atoms with Crippen LogP contribution in [0.15, 0.2) is 42.7 Å². The van der Waals surface area contributed by atoms with Gasteiger partial charge in [-0.1, -0.05) is 6.07 Å². The van der Waals surface area contributed by atoms with Crippen molar-refractivity contribution in [2.24, 2.45) is 0 Å². The molecule has 31 heavy (non-hydrogen) atoms. The van der Waals surface area contributed by atoms with Crippen LogP contribution < -0.4 is 15.4 Å². The largest absolute Gasteiger partial charge is 0.475 e. The zero-order chi connectivity index (χ0) is 22.4. The predicted octanol–water partition coefficient (Wildman–Crippen LogP) is 2.30. The first kappa shape index (κ1) is 21.5. The van der Waals surface area contributed by atoms with E-state index in [1.54, 1.807) is 41.2 Å². The van der Waals surface area contributed by atoms with Gasteiger partial charge in [-0.3, -0.25) is 29.1 Å². The fourth-order valence-corrected chi connectivity index (χ4v) is 2.87. The van der Waals surface area contributed by atoms with Crippen LogP contribution in [0.1, 0.15) is 23.8 Å². The Kier molecular flexibility index (Phi) is 6.60. The highest BCUT2D eigenvalue weighted by Crippen LogP contribution is 2.24. The van der Waals surface area contributed by atoms with Gasteiger partial charge in [0.25, 0.3) is 5.91 Å². The van der Waals surface area contributed by atoms with E-state index >= 15 is 0 Å². The van der Waals surface area contributed by atoms with Crippen LogP contribution in [-0.2, 0) is 17.9 Å². The molecule has 0 saturated heterocycles. The molecular formula is C19H21N7O5. The molecule has 12 nitrogen and oxygen atoms in total. The number of aromatic nitrogens is 4. The second-order valence-corrected chi connectivity index (χ2v) is 6.41. The Labute approximate surface area is 177 Å². The standard InChI is InChI=1S/C19H21N7O5/c1-3-25-15(7-9-20-25)18(28)22-14-6-4-5-13(11-14)21-17(27)8-10-24-12-16(26(29)30)19(23-24)31-2/h4-7,9,11-12H,3,8,10H2,1-2H3,(H,21,27)(H,22,28). The number of nitro groups is 1. The van der Waals surface area contributed by atoms with E-state index in [-0.39, 0.29) is 36.3 Å². The Hall–Kier alpha value is -4.22. The molecule has 2 amide bonds. The summed E-state index contributed by atoms with van der Waals surface area (Å²) in [7, 11) is 1.29. The molecule has 0 atom stereocenters. The number of hydrogen-bond donors (Lipinski definition) is 2. The SMILES string of the molecule is CCn1nccc1C(=O)Nc1cccc(NC(=O)CCn2cc([N+](=O)[O-])c(OC)n2)c1. The summed E-state index contributed by atoms with van der Waals surface area (Å²) in [6.45, 7) is 2.59. The maximum atomic E-state index is 12.4. The number of amides is 2. The lowest BCUT2D eigenvalue weighted by molar-refractivity contribution is -0.385. The predicted molar refractivity (Wildman–Crippen MR) is 111 cm³/mol. The third-order valence-electron chi connectivity index (χ3n) is 4.32. The van der Waals surface area contributed by atoms with Gasteiger partial charge < -0.3 is 15.4 Å². The fraction of sp³-hybridized carbons (Fsp3) is 0.263. The summed E-state index contributed by atoms with van der Waals surface area (Å²) in [6, 6.07) is 8.34. The average molecular weight is 427 g/mol. The van der Waals surface area contributed by atoms with Gasteiger partial charge in [0, 0.05) is 30.5 Å². The van der Waals surface area contributed by atoms with Gasteiger partial charge in [-0.2, -0.15) is 5.10 Å². The summed E-state index contributed by atoms with van der Waals surface area (Å²) in [5.41, 5.74) is 1.17. The molecule has 2 aromatic heterocycles. The van der Waals surface area contributed by atoms with Crippen molar-refractivity contribution in [3.63, 3.8) is 0 Å². The number of benzene rings is 1. The number of methoxy groups -OCH3 is 1. The van der Waals surface area contributed by atoms with Crippen molar-refractivity contribution in [2.45, 2.75) is 26.4 Å². The minimum absolute atomic E-state index is 0.0360. The van der Waals surface area contributed by atoms with Crippen molar-refractivity contribution in [1.82, 2.24) is 19.6 Å². The molecule has 0 aliphatic rings. The van der Waals surface area contributed by atoms with Gasteiger partial charge in [-0.25, -0.2) is 0 Å². The normalized spacial score (nSPS) is 10.5. The van der Waals surface area contributed by atoms with E-state index in [0.717, 1.165) is 0 Å². The summed E-state index contributed by atoms with van der Waals surface area (Å²) in [5.74, 6) is -0.736. The monoisotopic (exact) mass is 427 g/mol. The summed E-state index contributed by atoms with van der Waals surface area (Å²) in [5, 5.41) is 24.5. The van der Waals surface area contributed by atoms with Crippen molar-refractivity contribution >= 4 is 28.9 Å². The Bertz CT molecular complexity index is 1100. The molecule has 0 saturated carbocycles. The maximum absolute atomic E-state index is 12.4. The van der Waals surface area contributed by atoms with Gasteiger partial charge in [0.2, 0.25) is 5.91 Å². The number of rotatable bonds is 9. The van der Waals surface area contributed by atoms with E-state index in [1.807, 2.05) is 6.92 Å². The highest BCUT2D eigenvalue weighted by molar-refractivity contribution is 6.03. The third-order valence-corrected chi connectivity index (χ3v) is 4.32. The van der Waals surface area contributed by atoms with Crippen LogP contribution in [0.25, 0.3) is 0 Å². The van der Waals surface area contributed by atoms with Crippen LogP contribution in [0.2, 0.25) is 0 Å². The second kappa shape index (κ2) is 9.52. The van der Waals surface area contributed by atoms with Crippen LogP contribution in [0.3, 0.4) is 0 Å². The molecule has 0 radical (unpaired) electrons. The van der Waals surface area contributed by atoms with Crippen LogP contribution in [-0.4, -0.2) is 43.4 Å². The molecule has 0 bridgehead atoms. The molecule has 3 rings (SSSR count). The molecule has 0 aliphatic carbocycles. The molecule has 162 valence electrons. The fourth-order valence-electron chi connectivity index (χ4n) is 2.87. The summed E-state index contributed by atoms with van der Waals surface area (Å²) in [6.07, 6.45) is 2.80. The molecule has 3 aromatic rings. The summed E-state index contributed by atoms with van der Waals surface area (Å²) >= 11 is 0. The van der Waals surface area contributed by atoms with E-state index < -0.39 is 4.92 Å². The van der Waals surface area contributed by atoms with Crippen LogP contribution in [0.5, 0.6) is 5.88 Å². The Morgan fingerprint density at radius 2 is 1.97 bits per heavy atom. The molecule has 0 spiro atoms. The van der Waals surface area contributed by atoms with Crippen molar-refractivity contribution in [2.75, 3.05) is 17.7 Å². The topological polar surface area (TPSA) is 146 Å². The Balaban J connectivity index is 1.58. The first-order valence-corrected chi connectivity index (χ1v) is 9.40. The Morgan fingerprint density at radius 1 is 1.23 bits per heavy atom. The van der Waals surface area contributed by atoms with E-state index in [0.29, 0.717) is 23.6 Å². The van der Waals surface area contributed by atoms with Crippen LogP contribution in [0, 0.1) is 10.1 Å².